The second-order valence-electron chi connectivity index (χ2n) is 7.73. The van der Waals surface area contributed by atoms with E-state index in [0.29, 0.717) is 0 Å². The minimum atomic E-state index is -0.322. The molecule has 2 atom stereocenters. The van der Waals surface area contributed by atoms with E-state index in [1.807, 2.05) is 0 Å². The largest absolute Gasteiger partial charge is 0.322 e. The first kappa shape index (κ1) is 21.4. The highest BCUT2D eigenvalue weighted by molar-refractivity contribution is 5.33. The lowest BCUT2D eigenvalue weighted by Crippen LogP contribution is -2.55. The maximum Gasteiger partial charge on any atom is 0.0535 e. The number of nitrogens with two attached hydrogens (primary N) is 2. The van der Waals surface area contributed by atoms with Crippen LogP contribution in [0.15, 0.2) is 23.8 Å². The summed E-state index contributed by atoms with van der Waals surface area (Å²) in [7, 11) is 0. The summed E-state index contributed by atoms with van der Waals surface area (Å²) in [5, 5.41) is 0. The first-order valence-electron chi connectivity index (χ1n) is 10.6. The predicted octanol–water partition coefficient (Wildman–Crippen LogP) is 6.01. The number of allylic oxidation sites excluding steroid dienone is 2. The van der Waals surface area contributed by atoms with E-state index in [0.717, 1.165) is 12.8 Å². The fourth-order valence-electron chi connectivity index (χ4n) is 3.70. The number of hydrogen-bond donors (Lipinski definition) is 2. The van der Waals surface area contributed by atoms with Crippen molar-refractivity contribution in [2.75, 3.05) is 0 Å². The van der Waals surface area contributed by atoms with Gasteiger partial charge in [-0.05, 0) is 19.3 Å². The van der Waals surface area contributed by atoms with E-state index in [1.54, 1.807) is 0 Å². The third-order valence-corrected chi connectivity index (χ3v) is 5.48. The molecular formula is C22H42N2. The topological polar surface area (TPSA) is 52.0 Å². The molecule has 0 bridgehead atoms. The Hall–Kier alpha value is -0.600. The van der Waals surface area contributed by atoms with Gasteiger partial charge in [0, 0.05) is 6.04 Å². The summed E-state index contributed by atoms with van der Waals surface area (Å²) in [6, 6.07) is 0.00813. The average Bonchev–Trinajstić information content (AvgIpc) is 2.58. The van der Waals surface area contributed by atoms with Crippen LogP contribution in [0.2, 0.25) is 0 Å². The van der Waals surface area contributed by atoms with E-state index in [4.69, 9.17) is 11.5 Å². The smallest absolute Gasteiger partial charge is 0.0535 e. The minimum Gasteiger partial charge on any atom is -0.322 e. The SMILES string of the molecule is CCCCCCCCC1=CC=CC(N)(CCCCCCCC)C1N. The monoisotopic (exact) mass is 334 g/mol. The highest BCUT2D eigenvalue weighted by atomic mass is 14.9. The molecule has 0 heterocycles. The number of rotatable bonds is 14. The second-order valence-corrected chi connectivity index (χ2v) is 7.73. The van der Waals surface area contributed by atoms with Crippen LogP contribution in [-0.4, -0.2) is 11.6 Å². The van der Waals surface area contributed by atoms with Crippen LogP contribution < -0.4 is 11.5 Å². The van der Waals surface area contributed by atoms with Crippen LogP contribution in [-0.2, 0) is 0 Å². The molecule has 0 amide bonds. The van der Waals surface area contributed by atoms with Crippen LogP contribution in [0.3, 0.4) is 0 Å². The van der Waals surface area contributed by atoms with Gasteiger partial charge in [0.15, 0.2) is 0 Å². The van der Waals surface area contributed by atoms with Crippen molar-refractivity contribution in [3.8, 4) is 0 Å². The van der Waals surface area contributed by atoms with Crippen LogP contribution in [0.4, 0.5) is 0 Å². The summed E-state index contributed by atoms with van der Waals surface area (Å²) in [6.07, 6.45) is 24.5. The highest BCUT2D eigenvalue weighted by Gasteiger charge is 2.33. The Morgan fingerprint density at radius 3 is 2.00 bits per heavy atom. The van der Waals surface area contributed by atoms with Crippen molar-refractivity contribution < 1.29 is 0 Å². The minimum absolute atomic E-state index is 0.00813. The quantitative estimate of drug-likeness (QED) is 0.382. The van der Waals surface area contributed by atoms with Gasteiger partial charge in [-0.15, -0.1) is 0 Å². The van der Waals surface area contributed by atoms with Crippen LogP contribution in [0.25, 0.3) is 0 Å². The summed E-state index contributed by atoms with van der Waals surface area (Å²) in [5.74, 6) is 0. The molecule has 2 heteroatoms. The molecule has 1 aliphatic rings. The number of hydrogen-bond acceptors (Lipinski definition) is 2. The van der Waals surface area contributed by atoms with Gasteiger partial charge in [0.05, 0.1) is 5.54 Å². The van der Waals surface area contributed by atoms with Crippen molar-refractivity contribution in [3.05, 3.63) is 23.8 Å². The third kappa shape index (κ3) is 7.98. The number of unbranched alkanes of at least 4 members (excludes halogenated alkanes) is 10. The van der Waals surface area contributed by atoms with Gasteiger partial charge in [0.2, 0.25) is 0 Å². The standard InChI is InChI=1S/C22H42N2/c1-3-5-7-9-11-13-16-20-17-15-19-22(24,21(20)23)18-14-12-10-8-6-4-2/h15,17,19,21H,3-14,16,18,23-24H2,1-2H3. The lowest BCUT2D eigenvalue weighted by molar-refractivity contribution is 0.393. The summed E-state index contributed by atoms with van der Waals surface area (Å²) in [5.41, 5.74) is 14.2. The Labute approximate surface area is 151 Å². The molecular weight excluding hydrogens is 292 g/mol. The van der Waals surface area contributed by atoms with Crippen LogP contribution in [0.1, 0.15) is 104 Å². The molecule has 0 spiro atoms. The fraction of sp³-hybridized carbons (Fsp3) is 0.818. The van der Waals surface area contributed by atoms with Crippen LogP contribution in [0.5, 0.6) is 0 Å². The van der Waals surface area contributed by atoms with E-state index in [1.165, 1.54) is 82.6 Å². The Kier molecular flexibility index (Phi) is 11.4. The van der Waals surface area contributed by atoms with Gasteiger partial charge in [-0.3, -0.25) is 0 Å². The molecule has 0 aromatic heterocycles. The maximum absolute atomic E-state index is 6.65. The molecule has 24 heavy (non-hydrogen) atoms. The van der Waals surface area contributed by atoms with Crippen molar-refractivity contribution >= 4 is 0 Å². The van der Waals surface area contributed by atoms with Crippen molar-refractivity contribution in [2.24, 2.45) is 11.5 Å². The predicted molar refractivity (Wildman–Crippen MR) is 108 cm³/mol. The molecule has 2 unspecified atom stereocenters. The summed E-state index contributed by atoms with van der Waals surface area (Å²) in [4.78, 5) is 0. The molecule has 140 valence electrons. The van der Waals surface area contributed by atoms with E-state index >= 15 is 0 Å². The lowest BCUT2D eigenvalue weighted by Gasteiger charge is -2.36. The van der Waals surface area contributed by atoms with E-state index in [2.05, 4.69) is 32.1 Å². The van der Waals surface area contributed by atoms with Crippen LogP contribution in [0, 0.1) is 0 Å². The van der Waals surface area contributed by atoms with Gasteiger partial charge in [-0.1, -0.05) is 108 Å². The van der Waals surface area contributed by atoms with Crippen LogP contribution >= 0.6 is 0 Å². The first-order chi connectivity index (χ1) is 11.6. The summed E-state index contributed by atoms with van der Waals surface area (Å²) in [6.45, 7) is 4.53. The zero-order valence-electron chi connectivity index (χ0n) is 16.4. The van der Waals surface area contributed by atoms with Gasteiger partial charge in [-0.2, -0.15) is 0 Å². The average molecular weight is 335 g/mol. The molecule has 0 fully saturated rings. The highest BCUT2D eigenvalue weighted by Crippen LogP contribution is 2.28. The van der Waals surface area contributed by atoms with E-state index in [9.17, 15) is 0 Å². The first-order valence-corrected chi connectivity index (χ1v) is 10.6. The Balaban J connectivity index is 2.27. The molecule has 2 nitrogen and oxygen atoms in total. The zero-order valence-corrected chi connectivity index (χ0v) is 16.4. The molecule has 1 aliphatic carbocycles. The van der Waals surface area contributed by atoms with Crippen molar-refractivity contribution in [3.63, 3.8) is 0 Å². The molecule has 0 saturated heterocycles. The Morgan fingerprint density at radius 1 is 0.833 bits per heavy atom. The molecule has 0 radical (unpaired) electrons. The molecule has 0 aromatic carbocycles. The van der Waals surface area contributed by atoms with Crippen molar-refractivity contribution in [1.82, 2.24) is 0 Å². The maximum atomic E-state index is 6.65. The van der Waals surface area contributed by atoms with Gasteiger partial charge in [0.25, 0.3) is 0 Å². The van der Waals surface area contributed by atoms with Gasteiger partial charge in [0.1, 0.15) is 0 Å². The molecule has 1 rings (SSSR count). The second kappa shape index (κ2) is 12.7. The Bertz CT molecular complexity index is 372. The molecule has 4 N–H and O–H groups in total. The lowest BCUT2D eigenvalue weighted by atomic mass is 9.77. The van der Waals surface area contributed by atoms with Gasteiger partial charge >= 0.3 is 0 Å². The third-order valence-electron chi connectivity index (χ3n) is 5.48. The van der Waals surface area contributed by atoms with E-state index < -0.39 is 0 Å². The normalized spacial score (nSPS) is 23.5. The van der Waals surface area contributed by atoms with Crippen molar-refractivity contribution in [2.45, 2.75) is 115 Å². The Morgan fingerprint density at radius 2 is 1.38 bits per heavy atom. The molecule has 0 aromatic rings. The van der Waals surface area contributed by atoms with Gasteiger partial charge < -0.3 is 11.5 Å². The van der Waals surface area contributed by atoms with E-state index in [-0.39, 0.29) is 11.6 Å². The molecule has 0 aliphatic heterocycles. The fourth-order valence-corrected chi connectivity index (χ4v) is 3.70. The zero-order chi connectivity index (χ0) is 17.7. The summed E-state index contributed by atoms with van der Waals surface area (Å²) >= 11 is 0. The van der Waals surface area contributed by atoms with Gasteiger partial charge in [-0.25, -0.2) is 0 Å². The van der Waals surface area contributed by atoms with Crippen molar-refractivity contribution in [1.29, 1.82) is 0 Å². The molecule has 0 saturated carbocycles. The summed E-state index contributed by atoms with van der Waals surface area (Å²) < 4.78 is 0.